The molecule has 6 heteroatoms. The number of likely N-dealkylation sites (N-methyl/N-ethyl adjacent to an activating group) is 1. The van der Waals surface area contributed by atoms with Gasteiger partial charge in [0, 0.05) is 0 Å². The van der Waals surface area contributed by atoms with Gasteiger partial charge in [-0.2, -0.15) is 0 Å². The Hall–Kier alpha value is -1.82. The molecule has 0 unspecified atom stereocenters. The van der Waals surface area contributed by atoms with E-state index in [-0.39, 0.29) is 19.0 Å². The van der Waals surface area contributed by atoms with E-state index >= 15 is 0 Å². The number of hydrogen-bond donors (Lipinski definition) is 2. The van der Waals surface area contributed by atoms with Gasteiger partial charge < -0.3 is 9.73 Å². The summed E-state index contributed by atoms with van der Waals surface area (Å²) < 4.78 is 5.05. The van der Waals surface area contributed by atoms with Crippen LogP contribution in [0.25, 0.3) is 0 Å². The average molecular weight is 253 g/mol. The van der Waals surface area contributed by atoms with Crippen LogP contribution in [0.15, 0.2) is 22.8 Å². The molecule has 0 spiro atoms. The first-order chi connectivity index (χ1) is 8.65. The summed E-state index contributed by atoms with van der Waals surface area (Å²) in [5.41, 5.74) is 0. The first-order valence-electron chi connectivity index (χ1n) is 5.98. The van der Waals surface area contributed by atoms with Gasteiger partial charge in [-0.15, -0.1) is 0 Å². The van der Waals surface area contributed by atoms with Crippen LogP contribution in [-0.4, -0.2) is 36.5 Å². The van der Waals surface area contributed by atoms with Crippen LogP contribution in [0.5, 0.6) is 0 Å². The van der Waals surface area contributed by atoms with Crippen LogP contribution in [0.2, 0.25) is 0 Å². The Morgan fingerprint density at radius 2 is 2.06 bits per heavy atom. The number of nitrogens with one attached hydrogen (secondary N) is 2. The van der Waals surface area contributed by atoms with Crippen molar-refractivity contribution in [1.29, 1.82) is 0 Å². The van der Waals surface area contributed by atoms with Gasteiger partial charge in [0.05, 0.1) is 19.4 Å². The maximum Gasteiger partial charge on any atom is 0.321 e. The normalized spacial score (nSPS) is 10.4. The van der Waals surface area contributed by atoms with Gasteiger partial charge in [0.15, 0.2) is 0 Å². The van der Waals surface area contributed by atoms with E-state index in [0.29, 0.717) is 5.76 Å². The molecule has 0 fully saturated rings. The second-order valence-corrected chi connectivity index (χ2v) is 3.77. The molecule has 1 aromatic heterocycles. The maximum atomic E-state index is 11.5. The second-order valence-electron chi connectivity index (χ2n) is 3.77. The third kappa shape index (κ3) is 5.01. The molecule has 0 aliphatic carbocycles. The molecule has 100 valence electrons. The smallest absolute Gasteiger partial charge is 0.321 e. The molecular formula is C12H19N3O3. The lowest BCUT2D eigenvalue weighted by Gasteiger charge is -2.16. The number of furan rings is 1. The highest BCUT2D eigenvalue weighted by Crippen LogP contribution is 1.98. The fourth-order valence-electron chi connectivity index (χ4n) is 1.44. The number of amides is 3. The van der Waals surface area contributed by atoms with Gasteiger partial charge in [0.1, 0.15) is 5.76 Å². The molecule has 1 aromatic rings. The highest BCUT2D eigenvalue weighted by atomic mass is 16.3. The zero-order valence-corrected chi connectivity index (χ0v) is 10.7. The van der Waals surface area contributed by atoms with Crippen molar-refractivity contribution in [3.05, 3.63) is 24.2 Å². The number of imide groups is 1. The highest BCUT2D eigenvalue weighted by molar-refractivity contribution is 5.95. The van der Waals surface area contributed by atoms with Crippen LogP contribution in [-0.2, 0) is 11.3 Å². The quantitative estimate of drug-likeness (QED) is 0.791. The topological polar surface area (TPSA) is 74.6 Å². The van der Waals surface area contributed by atoms with Crippen LogP contribution in [0.3, 0.4) is 0 Å². The van der Waals surface area contributed by atoms with Crippen molar-refractivity contribution in [3.8, 4) is 0 Å². The molecule has 0 saturated heterocycles. The number of hydrogen-bond acceptors (Lipinski definition) is 4. The van der Waals surface area contributed by atoms with Gasteiger partial charge in [-0.3, -0.25) is 15.0 Å². The predicted molar refractivity (Wildman–Crippen MR) is 66.9 cm³/mol. The van der Waals surface area contributed by atoms with Gasteiger partial charge in [0.25, 0.3) is 0 Å². The van der Waals surface area contributed by atoms with Gasteiger partial charge in [-0.25, -0.2) is 4.79 Å². The van der Waals surface area contributed by atoms with E-state index < -0.39 is 6.03 Å². The largest absolute Gasteiger partial charge is 0.467 e. The van der Waals surface area contributed by atoms with E-state index in [1.54, 1.807) is 12.1 Å². The van der Waals surface area contributed by atoms with Gasteiger partial charge in [-0.05, 0) is 25.2 Å². The number of urea groups is 1. The van der Waals surface area contributed by atoms with Gasteiger partial charge in [0.2, 0.25) is 5.91 Å². The molecule has 2 N–H and O–H groups in total. The molecule has 0 aliphatic heterocycles. The standard InChI is InChI=1S/C12H19N3O3/c1-3-15(4-2)9-11(16)14-12(17)13-8-10-6-5-7-18-10/h5-7H,3-4,8-9H2,1-2H3,(H2,13,14,16,17). The van der Waals surface area contributed by atoms with Crippen LogP contribution < -0.4 is 10.6 Å². The Balaban J connectivity index is 2.25. The molecule has 0 aromatic carbocycles. The zero-order valence-electron chi connectivity index (χ0n) is 10.7. The molecule has 0 saturated carbocycles. The van der Waals surface area contributed by atoms with Crippen molar-refractivity contribution in [2.75, 3.05) is 19.6 Å². The average Bonchev–Trinajstić information content (AvgIpc) is 2.86. The third-order valence-electron chi connectivity index (χ3n) is 2.52. The highest BCUT2D eigenvalue weighted by Gasteiger charge is 2.10. The van der Waals surface area contributed by atoms with Crippen molar-refractivity contribution < 1.29 is 14.0 Å². The van der Waals surface area contributed by atoms with Crippen LogP contribution in [0, 0.1) is 0 Å². The summed E-state index contributed by atoms with van der Waals surface area (Å²) >= 11 is 0. The Morgan fingerprint density at radius 1 is 1.33 bits per heavy atom. The molecule has 0 bridgehead atoms. The van der Waals surface area contributed by atoms with Crippen LogP contribution >= 0.6 is 0 Å². The van der Waals surface area contributed by atoms with Crippen molar-refractivity contribution in [1.82, 2.24) is 15.5 Å². The SMILES string of the molecule is CCN(CC)CC(=O)NC(=O)NCc1ccco1. The van der Waals surface area contributed by atoms with E-state index in [9.17, 15) is 9.59 Å². The molecule has 0 aliphatic rings. The van der Waals surface area contributed by atoms with Crippen molar-refractivity contribution in [2.45, 2.75) is 20.4 Å². The zero-order chi connectivity index (χ0) is 13.4. The van der Waals surface area contributed by atoms with Crippen LogP contribution in [0.1, 0.15) is 19.6 Å². The van der Waals surface area contributed by atoms with E-state index in [0.717, 1.165) is 13.1 Å². The third-order valence-corrected chi connectivity index (χ3v) is 2.52. The lowest BCUT2D eigenvalue weighted by Crippen LogP contribution is -2.44. The summed E-state index contributed by atoms with van der Waals surface area (Å²) in [6.45, 7) is 5.97. The lowest BCUT2D eigenvalue weighted by atomic mass is 10.4. The molecule has 6 nitrogen and oxygen atoms in total. The van der Waals surface area contributed by atoms with Crippen molar-refractivity contribution >= 4 is 11.9 Å². The minimum absolute atomic E-state index is 0.223. The Kier molecular flexibility index (Phi) is 5.93. The van der Waals surface area contributed by atoms with Gasteiger partial charge >= 0.3 is 6.03 Å². The first kappa shape index (κ1) is 14.2. The lowest BCUT2D eigenvalue weighted by molar-refractivity contribution is -0.121. The Bertz CT molecular complexity index is 372. The number of carbonyl (C=O) groups is 2. The minimum atomic E-state index is -0.511. The molecule has 1 heterocycles. The maximum absolute atomic E-state index is 11.5. The molecule has 3 amide bonds. The predicted octanol–water partition coefficient (Wildman–Crippen LogP) is 0.947. The molecular weight excluding hydrogens is 234 g/mol. The van der Waals surface area contributed by atoms with E-state index in [2.05, 4.69) is 10.6 Å². The summed E-state index contributed by atoms with van der Waals surface area (Å²) in [6, 6.07) is 2.97. The van der Waals surface area contributed by atoms with Crippen molar-refractivity contribution in [2.24, 2.45) is 0 Å². The summed E-state index contributed by atoms with van der Waals surface area (Å²) in [5.74, 6) is 0.331. The molecule has 18 heavy (non-hydrogen) atoms. The number of carbonyl (C=O) groups excluding carboxylic acids is 2. The number of rotatable bonds is 6. The fourth-order valence-corrected chi connectivity index (χ4v) is 1.44. The summed E-state index contributed by atoms with van der Waals surface area (Å²) in [4.78, 5) is 24.8. The van der Waals surface area contributed by atoms with Crippen molar-refractivity contribution in [3.63, 3.8) is 0 Å². The summed E-state index contributed by atoms with van der Waals surface area (Å²) in [7, 11) is 0. The fraction of sp³-hybridized carbons (Fsp3) is 0.500. The summed E-state index contributed by atoms with van der Waals surface area (Å²) in [5, 5.41) is 4.81. The summed E-state index contributed by atoms with van der Waals surface area (Å²) in [6.07, 6.45) is 1.53. The van der Waals surface area contributed by atoms with E-state index in [4.69, 9.17) is 4.42 Å². The Labute approximate surface area is 106 Å². The first-order valence-corrected chi connectivity index (χ1v) is 5.98. The molecule has 1 rings (SSSR count). The number of nitrogens with zero attached hydrogens (tertiary/aromatic N) is 1. The van der Waals surface area contributed by atoms with E-state index in [1.807, 2.05) is 18.7 Å². The minimum Gasteiger partial charge on any atom is -0.467 e. The second kappa shape index (κ2) is 7.50. The Morgan fingerprint density at radius 3 is 2.61 bits per heavy atom. The van der Waals surface area contributed by atoms with Gasteiger partial charge in [-0.1, -0.05) is 13.8 Å². The molecule has 0 atom stereocenters. The monoisotopic (exact) mass is 253 g/mol. The molecule has 0 radical (unpaired) electrons. The van der Waals surface area contributed by atoms with E-state index in [1.165, 1.54) is 6.26 Å². The van der Waals surface area contributed by atoms with Crippen LogP contribution in [0.4, 0.5) is 4.79 Å².